The van der Waals surface area contributed by atoms with Gasteiger partial charge in [-0.3, -0.25) is 19.2 Å². The summed E-state index contributed by atoms with van der Waals surface area (Å²) in [4.78, 5) is 44.6. The molecule has 22 heavy (non-hydrogen) atoms. The summed E-state index contributed by atoms with van der Waals surface area (Å²) in [6, 6.07) is -1.82. The van der Waals surface area contributed by atoms with Gasteiger partial charge in [-0.05, 0) is 13.0 Å². The fraction of sp³-hybridized carbons (Fsp3) is 0.667. The number of carboxylic acids is 2. The minimum Gasteiger partial charge on any atom is -0.480 e. The molecule has 2 amide bonds. The third-order valence-electron chi connectivity index (χ3n) is 2.66. The van der Waals surface area contributed by atoms with E-state index in [0.717, 1.165) is 0 Å². The van der Waals surface area contributed by atoms with Crippen molar-refractivity contribution < 1.29 is 29.4 Å². The number of amides is 2. The maximum Gasteiger partial charge on any atom is 0.322 e. The summed E-state index contributed by atoms with van der Waals surface area (Å²) in [5.74, 6) is -3.43. The fourth-order valence-corrected chi connectivity index (χ4v) is 1.84. The monoisotopic (exact) mass is 335 g/mol. The van der Waals surface area contributed by atoms with Crippen molar-refractivity contribution in [2.45, 2.75) is 31.8 Å². The van der Waals surface area contributed by atoms with Gasteiger partial charge in [0, 0.05) is 12.2 Å². The molecule has 0 spiro atoms. The van der Waals surface area contributed by atoms with Crippen LogP contribution in [-0.4, -0.2) is 64.9 Å². The predicted molar refractivity (Wildman–Crippen MR) is 80.8 cm³/mol. The number of hydrogen-bond acceptors (Lipinski definition) is 6. The summed E-state index contributed by atoms with van der Waals surface area (Å²) < 4.78 is 0. The van der Waals surface area contributed by atoms with E-state index in [0.29, 0.717) is 6.54 Å². The summed E-state index contributed by atoms with van der Waals surface area (Å²) in [5, 5.41) is 24.6. The molecule has 9 nitrogen and oxygen atoms in total. The Morgan fingerprint density at radius 3 is 2.23 bits per heavy atom. The first-order valence-electron chi connectivity index (χ1n) is 6.67. The van der Waals surface area contributed by atoms with E-state index in [1.807, 2.05) is 0 Å². The van der Waals surface area contributed by atoms with E-state index in [-0.39, 0.29) is 18.6 Å². The first-order valence-corrected chi connectivity index (χ1v) is 7.30. The number of aliphatic carboxylic acids is 2. The first kappa shape index (κ1) is 20.2. The summed E-state index contributed by atoms with van der Waals surface area (Å²) in [6.45, 7) is 1.65. The molecule has 0 fully saturated rings. The van der Waals surface area contributed by atoms with Crippen LogP contribution in [0.5, 0.6) is 0 Å². The van der Waals surface area contributed by atoms with E-state index in [4.69, 9.17) is 10.2 Å². The Kier molecular flexibility index (Phi) is 9.96. The molecule has 0 aromatic heterocycles. The lowest BCUT2D eigenvalue weighted by Crippen LogP contribution is -2.49. The molecule has 0 aliphatic carbocycles. The van der Waals surface area contributed by atoms with E-state index in [9.17, 15) is 19.2 Å². The Morgan fingerprint density at radius 1 is 1.14 bits per heavy atom. The zero-order valence-electron chi connectivity index (χ0n) is 12.2. The van der Waals surface area contributed by atoms with Crippen molar-refractivity contribution in [1.29, 1.82) is 0 Å². The molecule has 5 N–H and O–H groups in total. The second-order valence-electron chi connectivity index (χ2n) is 4.40. The molecule has 0 aliphatic rings. The lowest BCUT2D eigenvalue weighted by atomic mass is 10.1. The van der Waals surface area contributed by atoms with Crippen LogP contribution in [0.2, 0.25) is 0 Å². The van der Waals surface area contributed by atoms with Crippen LogP contribution >= 0.6 is 12.6 Å². The zero-order chi connectivity index (χ0) is 17.1. The summed E-state index contributed by atoms with van der Waals surface area (Å²) >= 11 is 3.92. The Labute approximate surface area is 133 Å². The molecule has 2 atom stereocenters. The fourth-order valence-electron chi connectivity index (χ4n) is 1.58. The average molecular weight is 335 g/mol. The quantitative estimate of drug-likeness (QED) is 0.251. The Hall–Kier alpha value is -1.81. The second kappa shape index (κ2) is 10.9. The van der Waals surface area contributed by atoms with Gasteiger partial charge in [0.2, 0.25) is 11.8 Å². The normalized spacial score (nSPS) is 13.0. The second-order valence-corrected chi connectivity index (χ2v) is 4.77. The number of carbonyl (C=O) groups is 4. The number of carboxylic acid groups (broad SMARTS) is 2. The van der Waals surface area contributed by atoms with Gasteiger partial charge in [0.25, 0.3) is 0 Å². The SMILES string of the molecule is CCN[C@@H](CCC(=O)N[C@@H](CS)C(=O)NCC(=O)O)C(=O)O. The van der Waals surface area contributed by atoms with Crippen LogP contribution in [0.3, 0.4) is 0 Å². The van der Waals surface area contributed by atoms with E-state index >= 15 is 0 Å². The van der Waals surface area contributed by atoms with E-state index in [2.05, 4.69) is 28.6 Å². The van der Waals surface area contributed by atoms with Crippen molar-refractivity contribution >= 4 is 36.4 Å². The maximum absolute atomic E-state index is 11.7. The van der Waals surface area contributed by atoms with E-state index < -0.39 is 42.4 Å². The number of likely N-dealkylation sites (N-methyl/N-ethyl adjacent to an activating group) is 1. The number of thiol groups is 1. The molecule has 0 radical (unpaired) electrons. The smallest absolute Gasteiger partial charge is 0.322 e. The molecule has 10 heteroatoms. The third kappa shape index (κ3) is 8.47. The highest BCUT2D eigenvalue weighted by molar-refractivity contribution is 7.80. The molecule has 0 rings (SSSR count). The van der Waals surface area contributed by atoms with Crippen molar-refractivity contribution in [2.24, 2.45) is 0 Å². The van der Waals surface area contributed by atoms with Gasteiger partial charge in [-0.1, -0.05) is 6.92 Å². The van der Waals surface area contributed by atoms with Gasteiger partial charge in [-0.25, -0.2) is 0 Å². The Balaban J connectivity index is 4.33. The van der Waals surface area contributed by atoms with Crippen molar-refractivity contribution in [3.63, 3.8) is 0 Å². The molecule has 0 heterocycles. The van der Waals surface area contributed by atoms with Crippen molar-refractivity contribution in [2.75, 3.05) is 18.8 Å². The minimum absolute atomic E-state index is 0.00718. The summed E-state index contributed by atoms with van der Waals surface area (Å²) in [6.07, 6.45) is -0.00843. The van der Waals surface area contributed by atoms with Gasteiger partial charge >= 0.3 is 11.9 Å². The first-order chi connectivity index (χ1) is 10.3. The van der Waals surface area contributed by atoms with Gasteiger partial charge < -0.3 is 26.2 Å². The zero-order valence-corrected chi connectivity index (χ0v) is 13.1. The third-order valence-corrected chi connectivity index (χ3v) is 3.02. The maximum atomic E-state index is 11.7. The highest BCUT2D eigenvalue weighted by atomic mass is 32.1. The Bertz CT molecular complexity index is 418. The van der Waals surface area contributed by atoms with Crippen LogP contribution in [0, 0.1) is 0 Å². The molecule has 0 bridgehead atoms. The molecular weight excluding hydrogens is 314 g/mol. The highest BCUT2D eigenvalue weighted by Crippen LogP contribution is 1.99. The molecule has 0 unspecified atom stereocenters. The van der Waals surface area contributed by atoms with Gasteiger partial charge in [0.1, 0.15) is 18.6 Å². The van der Waals surface area contributed by atoms with Crippen LogP contribution in [0.4, 0.5) is 0 Å². The van der Waals surface area contributed by atoms with Crippen molar-refractivity contribution in [1.82, 2.24) is 16.0 Å². The van der Waals surface area contributed by atoms with Crippen LogP contribution in [-0.2, 0) is 19.2 Å². The molecule has 126 valence electrons. The number of hydrogen-bond donors (Lipinski definition) is 6. The van der Waals surface area contributed by atoms with Crippen LogP contribution in [0.25, 0.3) is 0 Å². The van der Waals surface area contributed by atoms with Gasteiger partial charge in [-0.2, -0.15) is 12.6 Å². The summed E-state index contributed by atoms with van der Waals surface area (Å²) in [7, 11) is 0. The number of nitrogens with one attached hydrogen (secondary N) is 3. The molecule has 0 saturated carbocycles. The molecule has 0 saturated heterocycles. The molecule has 0 aromatic carbocycles. The van der Waals surface area contributed by atoms with Gasteiger partial charge in [-0.15, -0.1) is 0 Å². The van der Waals surface area contributed by atoms with E-state index in [1.54, 1.807) is 6.92 Å². The minimum atomic E-state index is -1.20. The van der Waals surface area contributed by atoms with E-state index in [1.165, 1.54) is 0 Å². The Morgan fingerprint density at radius 2 is 1.77 bits per heavy atom. The highest BCUT2D eigenvalue weighted by Gasteiger charge is 2.22. The lowest BCUT2D eigenvalue weighted by molar-refractivity contribution is -0.140. The topological polar surface area (TPSA) is 145 Å². The van der Waals surface area contributed by atoms with Crippen LogP contribution in [0.15, 0.2) is 0 Å². The predicted octanol–water partition coefficient (Wildman–Crippen LogP) is -1.56. The molecular formula is C12H21N3O6S. The number of rotatable bonds is 11. The standard InChI is InChI=1S/C12H21N3O6S/c1-2-13-7(12(20)21)3-4-9(16)15-8(6-22)11(19)14-5-10(17)18/h7-8,13,22H,2-6H2,1H3,(H,14,19)(H,15,16)(H,17,18)(H,20,21)/t7-,8-/m0/s1. The average Bonchev–Trinajstić information content (AvgIpc) is 2.46. The largest absolute Gasteiger partial charge is 0.480 e. The van der Waals surface area contributed by atoms with Crippen molar-refractivity contribution in [3.05, 3.63) is 0 Å². The number of carbonyl (C=O) groups excluding carboxylic acids is 2. The summed E-state index contributed by atoms with van der Waals surface area (Å²) in [5.41, 5.74) is 0. The lowest BCUT2D eigenvalue weighted by Gasteiger charge is -2.17. The molecule has 0 aliphatic heterocycles. The van der Waals surface area contributed by atoms with Gasteiger partial charge in [0.05, 0.1) is 0 Å². The molecule has 0 aromatic rings. The van der Waals surface area contributed by atoms with Crippen LogP contribution < -0.4 is 16.0 Å². The van der Waals surface area contributed by atoms with Crippen LogP contribution in [0.1, 0.15) is 19.8 Å². The van der Waals surface area contributed by atoms with Crippen molar-refractivity contribution in [3.8, 4) is 0 Å². The van der Waals surface area contributed by atoms with Gasteiger partial charge in [0.15, 0.2) is 0 Å².